The first-order valence-corrected chi connectivity index (χ1v) is 7.81. The predicted molar refractivity (Wildman–Crippen MR) is 82.6 cm³/mol. The van der Waals surface area contributed by atoms with Gasteiger partial charge in [-0.15, -0.1) is 0 Å². The van der Waals surface area contributed by atoms with Gasteiger partial charge in [-0.2, -0.15) is 0 Å². The molecule has 0 aromatic heterocycles. The fourth-order valence-electron chi connectivity index (χ4n) is 3.08. The van der Waals surface area contributed by atoms with Crippen molar-refractivity contribution in [3.05, 3.63) is 35.9 Å². The summed E-state index contributed by atoms with van der Waals surface area (Å²) in [7, 11) is 0. The molecule has 1 aromatic carbocycles. The van der Waals surface area contributed by atoms with E-state index >= 15 is 0 Å². The van der Waals surface area contributed by atoms with Crippen molar-refractivity contribution in [2.24, 2.45) is 0 Å². The van der Waals surface area contributed by atoms with Crippen LogP contribution in [0, 0.1) is 0 Å². The number of likely N-dealkylation sites (tertiary alicyclic amines) is 1. The molecule has 0 radical (unpaired) electrons. The maximum atomic E-state index is 3.65. The van der Waals surface area contributed by atoms with E-state index in [0.717, 1.165) is 19.1 Å². The second-order valence-electron chi connectivity index (χ2n) is 5.73. The molecule has 1 saturated heterocycles. The Labute approximate surface area is 118 Å². The first-order valence-electron chi connectivity index (χ1n) is 7.81. The Morgan fingerprint density at radius 1 is 1.32 bits per heavy atom. The van der Waals surface area contributed by atoms with Crippen LogP contribution in [0.3, 0.4) is 0 Å². The lowest BCUT2D eigenvalue weighted by molar-refractivity contribution is 0.260. The predicted octanol–water partition coefficient (Wildman–Crippen LogP) is 3.25. The van der Waals surface area contributed by atoms with Crippen LogP contribution in [0.2, 0.25) is 0 Å². The van der Waals surface area contributed by atoms with Crippen molar-refractivity contribution in [3.63, 3.8) is 0 Å². The normalized spacial score (nSPS) is 21.7. The van der Waals surface area contributed by atoms with E-state index in [0.29, 0.717) is 5.92 Å². The molecule has 1 aliphatic heterocycles. The summed E-state index contributed by atoms with van der Waals surface area (Å²) in [6, 6.07) is 11.6. The summed E-state index contributed by atoms with van der Waals surface area (Å²) >= 11 is 0. The van der Waals surface area contributed by atoms with E-state index < -0.39 is 0 Å². The highest BCUT2D eigenvalue weighted by Crippen LogP contribution is 2.18. The lowest BCUT2D eigenvalue weighted by Gasteiger charge is -2.23. The molecule has 2 nitrogen and oxygen atoms in total. The Morgan fingerprint density at radius 3 is 2.84 bits per heavy atom. The van der Waals surface area contributed by atoms with Crippen molar-refractivity contribution in [2.45, 2.75) is 45.1 Å². The van der Waals surface area contributed by atoms with Gasteiger partial charge in [-0.05, 0) is 50.4 Å². The minimum absolute atomic E-state index is 0.652. The maximum Gasteiger partial charge on any atom is 0.0220 e. The van der Waals surface area contributed by atoms with E-state index in [1.54, 1.807) is 0 Å². The van der Waals surface area contributed by atoms with Gasteiger partial charge in [0.2, 0.25) is 0 Å². The number of benzene rings is 1. The molecule has 0 aliphatic carbocycles. The van der Waals surface area contributed by atoms with Crippen LogP contribution in [0.1, 0.15) is 44.6 Å². The summed E-state index contributed by atoms with van der Waals surface area (Å²) in [5, 5.41) is 3.65. The summed E-state index contributed by atoms with van der Waals surface area (Å²) in [5.74, 6) is 0.652. The third kappa shape index (κ3) is 4.32. The minimum Gasteiger partial charge on any atom is -0.315 e. The highest BCUT2D eigenvalue weighted by Gasteiger charge is 2.21. The quantitative estimate of drug-likeness (QED) is 0.757. The largest absolute Gasteiger partial charge is 0.315 e. The van der Waals surface area contributed by atoms with Crippen LogP contribution in [0.4, 0.5) is 0 Å². The van der Waals surface area contributed by atoms with E-state index in [1.807, 2.05) is 0 Å². The molecular formula is C17H28N2. The molecule has 1 heterocycles. The van der Waals surface area contributed by atoms with Gasteiger partial charge < -0.3 is 5.32 Å². The lowest BCUT2D eigenvalue weighted by atomic mass is 9.98. The smallest absolute Gasteiger partial charge is 0.0220 e. The highest BCUT2D eigenvalue weighted by atomic mass is 15.2. The van der Waals surface area contributed by atoms with Crippen LogP contribution in [0.5, 0.6) is 0 Å². The Hall–Kier alpha value is -0.860. The van der Waals surface area contributed by atoms with Crippen LogP contribution in [-0.4, -0.2) is 37.1 Å². The molecule has 2 heteroatoms. The number of hydrogen-bond donors (Lipinski definition) is 1. The Morgan fingerprint density at radius 2 is 2.11 bits per heavy atom. The Bertz CT molecular complexity index is 350. The Balaban J connectivity index is 1.64. The first-order chi connectivity index (χ1) is 9.31. The van der Waals surface area contributed by atoms with E-state index in [-0.39, 0.29) is 0 Å². The van der Waals surface area contributed by atoms with Crippen molar-refractivity contribution in [1.82, 2.24) is 10.2 Å². The van der Waals surface area contributed by atoms with E-state index in [2.05, 4.69) is 54.4 Å². The maximum absolute atomic E-state index is 3.65. The molecule has 2 unspecified atom stereocenters. The SMILES string of the molecule is CCN1CCCC1CNCCC(C)c1ccccc1. The van der Waals surface area contributed by atoms with E-state index in [4.69, 9.17) is 0 Å². The zero-order chi connectivity index (χ0) is 13.5. The van der Waals surface area contributed by atoms with Crippen molar-refractivity contribution in [2.75, 3.05) is 26.2 Å². The molecule has 2 atom stereocenters. The van der Waals surface area contributed by atoms with Crippen molar-refractivity contribution in [1.29, 1.82) is 0 Å². The average Bonchev–Trinajstić information content (AvgIpc) is 2.91. The van der Waals surface area contributed by atoms with Crippen LogP contribution in [-0.2, 0) is 0 Å². The standard InChI is InChI=1S/C17H28N2/c1-3-19-13-7-10-17(19)14-18-12-11-15(2)16-8-5-4-6-9-16/h4-6,8-9,15,17-18H,3,7,10-14H2,1-2H3. The molecule has 2 rings (SSSR count). The summed E-state index contributed by atoms with van der Waals surface area (Å²) in [6.07, 6.45) is 3.97. The molecule has 0 saturated carbocycles. The fourth-order valence-corrected chi connectivity index (χ4v) is 3.08. The van der Waals surface area contributed by atoms with E-state index in [9.17, 15) is 0 Å². The van der Waals surface area contributed by atoms with Gasteiger partial charge in [0.25, 0.3) is 0 Å². The van der Waals surface area contributed by atoms with Crippen LogP contribution in [0.15, 0.2) is 30.3 Å². The van der Waals surface area contributed by atoms with Gasteiger partial charge in [-0.3, -0.25) is 4.90 Å². The summed E-state index contributed by atoms with van der Waals surface area (Å²) in [5.41, 5.74) is 1.46. The molecule has 0 bridgehead atoms. The highest BCUT2D eigenvalue weighted by molar-refractivity contribution is 5.18. The summed E-state index contributed by atoms with van der Waals surface area (Å²) in [6.45, 7) is 9.39. The van der Waals surface area contributed by atoms with Crippen LogP contribution >= 0.6 is 0 Å². The minimum atomic E-state index is 0.652. The molecule has 19 heavy (non-hydrogen) atoms. The van der Waals surface area contributed by atoms with Gasteiger partial charge in [-0.1, -0.05) is 44.2 Å². The molecule has 106 valence electrons. The molecule has 1 N–H and O–H groups in total. The Kier molecular flexibility index (Phi) is 5.87. The summed E-state index contributed by atoms with van der Waals surface area (Å²) in [4.78, 5) is 2.60. The van der Waals surface area contributed by atoms with Crippen LogP contribution in [0.25, 0.3) is 0 Å². The molecule has 1 fully saturated rings. The number of nitrogens with zero attached hydrogens (tertiary/aromatic N) is 1. The van der Waals surface area contributed by atoms with Crippen molar-refractivity contribution >= 4 is 0 Å². The zero-order valence-corrected chi connectivity index (χ0v) is 12.4. The second kappa shape index (κ2) is 7.66. The van der Waals surface area contributed by atoms with Gasteiger partial charge in [0, 0.05) is 12.6 Å². The molecule has 0 amide bonds. The molecule has 1 aliphatic rings. The van der Waals surface area contributed by atoms with Gasteiger partial charge in [0.15, 0.2) is 0 Å². The van der Waals surface area contributed by atoms with Crippen molar-refractivity contribution in [3.8, 4) is 0 Å². The molecular weight excluding hydrogens is 232 g/mol. The van der Waals surface area contributed by atoms with Crippen LogP contribution < -0.4 is 5.32 Å². The number of rotatable bonds is 7. The van der Waals surface area contributed by atoms with Crippen molar-refractivity contribution < 1.29 is 0 Å². The lowest BCUT2D eigenvalue weighted by Crippen LogP contribution is -2.38. The molecule has 1 aromatic rings. The summed E-state index contributed by atoms with van der Waals surface area (Å²) < 4.78 is 0. The second-order valence-corrected chi connectivity index (χ2v) is 5.73. The third-order valence-electron chi connectivity index (χ3n) is 4.41. The third-order valence-corrected chi connectivity index (χ3v) is 4.41. The topological polar surface area (TPSA) is 15.3 Å². The van der Waals surface area contributed by atoms with E-state index in [1.165, 1.54) is 37.9 Å². The molecule has 0 spiro atoms. The van der Waals surface area contributed by atoms with Gasteiger partial charge in [0.1, 0.15) is 0 Å². The van der Waals surface area contributed by atoms with Gasteiger partial charge in [0.05, 0.1) is 0 Å². The monoisotopic (exact) mass is 260 g/mol. The number of hydrogen-bond acceptors (Lipinski definition) is 2. The van der Waals surface area contributed by atoms with Gasteiger partial charge >= 0.3 is 0 Å². The first kappa shape index (κ1) is 14.5. The number of likely N-dealkylation sites (N-methyl/N-ethyl adjacent to an activating group) is 1. The zero-order valence-electron chi connectivity index (χ0n) is 12.4. The average molecular weight is 260 g/mol. The number of nitrogens with one attached hydrogen (secondary N) is 1. The fraction of sp³-hybridized carbons (Fsp3) is 0.647. The van der Waals surface area contributed by atoms with Gasteiger partial charge in [-0.25, -0.2) is 0 Å².